The van der Waals surface area contributed by atoms with Crippen molar-refractivity contribution in [2.24, 2.45) is 0 Å². The third kappa shape index (κ3) is 12.4. The lowest BCUT2D eigenvalue weighted by Gasteiger charge is -2.15. The zero-order valence-corrected chi connectivity index (χ0v) is 31.5. The Bertz CT molecular complexity index is 2210. The van der Waals surface area contributed by atoms with Gasteiger partial charge in [-0.2, -0.15) is 0 Å². The molecule has 55 heavy (non-hydrogen) atoms. The van der Waals surface area contributed by atoms with Gasteiger partial charge in [-0.15, -0.1) is 20.2 Å². The smallest absolute Gasteiger partial charge is 0.342 e. The van der Waals surface area contributed by atoms with E-state index in [1.54, 1.807) is 43.5 Å². The Morgan fingerprint density at radius 1 is 0.964 bits per heavy atom. The second kappa shape index (κ2) is 18.6. The molecule has 0 saturated carbocycles. The molecule has 292 valence electrons. The molecule has 0 saturated heterocycles. The topological polar surface area (TPSA) is 235 Å². The molecule has 0 aliphatic heterocycles. The first kappa shape index (κ1) is 42.1. The maximum atomic E-state index is 14.5. The summed E-state index contributed by atoms with van der Waals surface area (Å²) in [7, 11) is -4.15. The Labute approximate surface area is 318 Å². The van der Waals surface area contributed by atoms with Gasteiger partial charge in [0, 0.05) is 34.0 Å². The van der Waals surface area contributed by atoms with Crippen LogP contribution < -0.4 is 9.47 Å². The second-order valence-electron chi connectivity index (χ2n) is 11.5. The first-order valence-electron chi connectivity index (χ1n) is 15.7. The summed E-state index contributed by atoms with van der Waals surface area (Å²) in [6, 6.07) is 14.4. The predicted molar refractivity (Wildman–Crippen MR) is 195 cm³/mol. The van der Waals surface area contributed by atoms with Crippen LogP contribution in [0.2, 0.25) is 0 Å². The molecule has 0 N–H and O–H groups in total. The van der Waals surface area contributed by atoms with Gasteiger partial charge in [-0.3, -0.25) is 13.8 Å². The van der Waals surface area contributed by atoms with Crippen LogP contribution >= 0.6 is 10.8 Å². The fourth-order valence-corrected chi connectivity index (χ4v) is 7.26. The van der Waals surface area contributed by atoms with Crippen LogP contribution in [0.15, 0.2) is 71.1 Å². The molecule has 0 amide bonds. The summed E-state index contributed by atoms with van der Waals surface area (Å²) >= 11 is 0. The maximum absolute atomic E-state index is 14.5. The lowest BCUT2D eigenvalue weighted by Crippen LogP contribution is -2.29. The summed E-state index contributed by atoms with van der Waals surface area (Å²) in [5.41, 5.74) is 3.22. The summed E-state index contributed by atoms with van der Waals surface area (Å²) in [6.07, 6.45) is 1.30. The number of benzene rings is 3. The molecule has 17 nitrogen and oxygen atoms in total. The molecular weight excluding hydrogens is 792 g/mol. The number of carbonyl (C=O) groups is 3. The predicted octanol–water partition coefficient (Wildman–Crippen LogP) is 4.82. The first-order chi connectivity index (χ1) is 25.9. The number of hydrogen-bond acceptors (Lipinski definition) is 16. The van der Waals surface area contributed by atoms with E-state index >= 15 is 0 Å². The normalized spacial score (nSPS) is 14.1. The summed E-state index contributed by atoms with van der Waals surface area (Å²) in [6.45, 7) is 0.336. The number of esters is 3. The van der Waals surface area contributed by atoms with E-state index in [4.69, 9.17) is 14.2 Å². The van der Waals surface area contributed by atoms with Crippen molar-refractivity contribution < 1.29 is 65.5 Å². The highest BCUT2D eigenvalue weighted by Gasteiger charge is 2.28. The number of nitrogens with zero attached hydrogens (tertiary/aromatic N) is 2. The SMILES string of the molecule is CC1=C(CC(=O)Oc2ccc(OC(=O)CC(CO[N+](=O)[O-])O[N+](=O)[O-])c(C(=O)OCCSS(C)(=O)=O)c2)c2cc(F)ccc2/C1=C\c1ccc(S(C)=O)cc1. The molecular formula is C34H31FN2O15S3. The van der Waals surface area contributed by atoms with Gasteiger partial charge in [0.1, 0.15) is 42.2 Å². The Morgan fingerprint density at radius 3 is 2.31 bits per heavy atom. The zero-order valence-electron chi connectivity index (χ0n) is 29.1. The van der Waals surface area contributed by atoms with E-state index in [1.807, 2.05) is 6.08 Å². The summed E-state index contributed by atoms with van der Waals surface area (Å²) < 4.78 is 65.0. The fourth-order valence-electron chi connectivity index (χ4n) is 5.18. The standard InChI is InChI=1S/C34H31FN2O15S3/c1-20-27(14-21-4-8-25(9-5-21)54(2)45)26-10-6-22(35)15-29(26)28(20)18-33(39)50-23-7-11-31(30(16-23)34(40)48-12-13-53-55(3,46)47)51-32(38)17-24(52-37(43)44)19-49-36(41)42/h4-11,14-16,24H,12-13,17-19H2,1-3H3/b27-14-. The molecule has 1 aliphatic carbocycles. The Balaban J connectivity index is 1.58. The Kier molecular flexibility index (Phi) is 14.2. The van der Waals surface area contributed by atoms with E-state index in [0.717, 1.165) is 30.0 Å². The zero-order chi connectivity index (χ0) is 40.4. The van der Waals surface area contributed by atoms with E-state index < -0.39 is 90.6 Å². The van der Waals surface area contributed by atoms with Gasteiger partial charge in [-0.1, -0.05) is 18.2 Å². The van der Waals surface area contributed by atoms with Crippen LogP contribution in [0.4, 0.5) is 4.39 Å². The van der Waals surface area contributed by atoms with E-state index in [9.17, 15) is 51.6 Å². The van der Waals surface area contributed by atoms with Crippen LogP contribution in [0, 0.1) is 26.0 Å². The highest BCUT2D eigenvalue weighted by atomic mass is 33.1. The maximum Gasteiger partial charge on any atom is 0.342 e. The average molecular weight is 823 g/mol. The van der Waals surface area contributed by atoms with Gasteiger partial charge < -0.3 is 23.9 Å². The number of allylic oxidation sites excluding steroid dienone is 2. The van der Waals surface area contributed by atoms with E-state index in [2.05, 4.69) is 9.68 Å². The van der Waals surface area contributed by atoms with Crippen LogP contribution in [0.5, 0.6) is 11.5 Å². The quantitative estimate of drug-likeness (QED) is 0.0418. The molecule has 0 bridgehead atoms. The Morgan fingerprint density at radius 2 is 1.67 bits per heavy atom. The monoisotopic (exact) mass is 822 g/mol. The van der Waals surface area contributed by atoms with Crippen molar-refractivity contribution >= 4 is 65.6 Å². The molecule has 0 radical (unpaired) electrons. The first-order valence-corrected chi connectivity index (χ1v) is 20.7. The van der Waals surface area contributed by atoms with Gasteiger partial charge in [0.2, 0.25) is 0 Å². The van der Waals surface area contributed by atoms with Crippen LogP contribution in [-0.2, 0) is 43.7 Å². The molecule has 21 heteroatoms. The lowest BCUT2D eigenvalue weighted by atomic mass is 10.0. The number of fused-ring (bicyclic) bond motifs is 1. The van der Waals surface area contributed by atoms with Gasteiger partial charge in [-0.05, 0) is 99.7 Å². The van der Waals surface area contributed by atoms with Crippen molar-refractivity contribution in [1.29, 1.82) is 0 Å². The molecule has 0 heterocycles. The van der Waals surface area contributed by atoms with E-state index in [1.165, 1.54) is 12.1 Å². The van der Waals surface area contributed by atoms with Gasteiger partial charge in [-0.25, -0.2) is 17.6 Å². The third-order valence-electron chi connectivity index (χ3n) is 7.53. The van der Waals surface area contributed by atoms with E-state index in [-0.39, 0.29) is 17.9 Å². The third-order valence-corrected chi connectivity index (χ3v) is 11.0. The molecule has 2 atom stereocenters. The molecule has 0 spiro atoms. The van der Waals surface area contributed by atoms with Crippen LogP contribution in [-0.4, -0.2) is 78.3 Å². The number of rotatable bonds is 18. The van der Waals surface area contributed by atoms with Gasteiger partial charge in [0.25, 0.3) is 10.2 Å². The summed E-state index contributed by atoms with van der Waals surface area (Å²) in [5, 5.41) is 18.8. The van der Waals surface area contributed by atoms with Crippen molar-refractivity contribution in [2.45, 2.75) is 30.8 Å². The van der Waals surface area contributed by atoms with Crippen LogP contribution in [0.25, 0.3) is 17.2 Å². The van der Waals surface area contributed by atoms with Crippen LogP contribution in [0.3, 0.4) is 0 Å². The highest BCUT2D eigenvalue weighted by molar-refractivity contribution is 8.71. The number of ether oxygens (including phenoxy) is 3. The minimum atomic E-state index is -3.47. The van der Waals surface area contributed by atoms with Crippen LogP contribution in [0.1, 0.15) is 46.8 Å². The molecule has 0 aromatic heterocycles. The fraction of sp³-hybridized carbons (Fsp3) is 0.265. The van der Waals surface area contributed by atoms with Crippen molar-refractivity contribution in [3.63, 3.8) is 0 Å². The highest BCUT2D eigenvalue weighted by Crippen LogP contribution is 2.44. The molecule has 0 fully saturated rings. The molecule has 3 aromatic rings. The molecule has 4 rings (SSSR count). The number of halogens is 1. The minimum absolute atomic E-state index is 0.164. The molecule has 1 aliphatic rings. The van der Waals surface area contributed by atoms with Gasteiger partial charge in [0.15, 0.2) is 8.87 Å². The van der Waals surface area contributed by atoms with Gasteiger partial charge in [0.05, 0.1) is 12.8 Å². The molecule has 2 unspecified atom stereocenters. The number of carbonyl (C=O) groups excluding carboxylic acids is 3. The van der Waals surface area contributed by atoms with Gasteiger partial charge >= 0.3 is 17.9 Å². The van der Waals surface area contributed by atoms with Crippen molar-refractivity contribution in [3.8, 4) is 11.5 Å². The second-order valence-corrected chi connectivity index (χ2v) is 17.4. The number of hydrogen-bond donors (Lipinski definition) is 0. The van der Waals surface area contributed by atoms with E-state index in [0.29, 0.717) is 43.5 Å². The largest absolute Gasteiger partial charge is 0.461 e. The lowest BCUT2D eigenvalue weighted by molar-refractivity contribution is -0.789. The average Bonchev–Trinajstić information content (AvgIpc) is 3.34. The van der Waals surface area contributed by atoms with Crippen molar-refractivity contribution in [2.75, 3.05) is 31.5 Å². The Hall–Kier alpha value is -5.67. The van der Waals surface area contributed by atoms with Crippen molar-refractivity contribution in [1.82, 2.24) is 0 Å². The summed E-state index contributed by atoms with van der Waals surface area (Å²) in [5.74, 6) is -4.64. The molecule has 3 aromatic carbocycles. The minimum Gasteiger partial charge on any atom is -0.461 e. The van der Waals surface area contributed by atoms with Crippen molar-refractivity contribution in [3.05, 3.63) is 115 Å². The summed E-state index contributed by atoms with van der Waals surface area (Å²) in [4.78, 5) is 69.4.